The number of hydrogen-bond donors (Lipinski definition) is 0. The zero-order valence-corrected chi connectivity index (χ0v) is 16.4. The molecule has 1 aromatic rings. The van der Waals surface area contributed by atoms with Crippen LogP contribution in [0.2, 0.25) is 0 Å². The monoisotopic (exact) mass is 406 g/mol. The minimum Gasteiger partial charge on any atom is -0.377 e. The first-order valence-corrected chi connectivity index (χ1v) is 10.9. The van der Waals surface area contributed by atoms with Crippen molar-refractivity contribution >= 4 is 37.5 Å². The van der Waals surface area contributed by atoms with Crippen LogP contribution in [0, 0.1) is 6.92 Å². The van der Waals surface area contributed by atoms with Gasteiger partial charge in [0.25, 0.3) is 0 Å². The van der Waals surface area contributed by atoms with Gasteiger partial charge in [-0.25, -0.2) is 8.42 Å². The molecule has 0 saturated carbocycles. The standard InChI is InChI=1S/C16H23BrO3S2/c1-13-7-9-15(10-8-13)22(18,19)16(21-3)12-14(20-2)6-4-5-11-17/h7-10,12,14H,4-6,11H2,1-3H3/b16-12+. The van der Waals surface area contributed by atoms with Gasteiger partial charge >= 0.3 is 0 Å². The molecule has 0 heterocycles. The highest BCUT2D eigenvalue weighted by molar-refractivity contribution is 9.09. The smallest absolute Gasteiger partial charge is 0.212 e. The summed E-state index contributed by atoms with van der Waals surface area (Å²) in [5, 5.41) is 0.949. The number of thioether (sulfide) groups is 1. The first-order valence-electron chi connectivity index (χ1n) is 7.12. The van der Waals surface area contributed by atoms with Gasteiger partial charge in [0.15, 0.2) is 0 Å². The van der Waals surface area contributed by atoms with Crippen LogP contribution in [0.4, 0.5) is 0 Å². The molecule has 0 radical (unpaired) electrons. The summed E-state index contributed by atoms with van der Waals surface area (Å²) in [6, 6.07) is 6.94. The Morgan fingerprint density at radius 3 is 2.45 bits per heavy atom. The van der Waals surface area contributed by atoms with Gasteiger partial charge in [0.05, 0.1) is 11.0 Å². The highest BCUT2D eigenvalue weighted by Gasteiger charge is 2.21. The second-order valence-electron chi connectivity index (χ2n) is 4.97. The van der Waals surface area contributed by atoms with Crippen LogP contribution >= 0.6 is 27.7 Å². The lowest BCUT2D eigenvalue weighted by atomic mass is 10.1. The fourth-order valence-corrected chi connectivity index (χ4v) is 4.87. The van der Waals surface area contributed by atoms with E-state index in [1.807, 2.05) is 19.1 Å². The number of rotatable bonds is 9. The molecule has 6 heteroatoms. The van der Waals surface area contributed by atoms with Gasteiger partial charge in [-0.05, 0) is 50.7 Å². The van der Waals surface area contributed by atoms with Gasteiger partial charge < -0.3 is 4.74 Å². The number of methoxy groups -OCH3 is 1. The largest absolute Gasteiger partial charge is 0.377 e. The molecule has 3 nitrogen and oxygen atoms in total. The van der Waals surface area contributed by atoms with E-state index >= 15 is 0 Å². The molecule has 0 N–H and O–H groups in total. The molecule has 1 aromatic carbocycles. The molecule has 0 spiro atoms. The second-order valence-corrected chi connectivity index (χ2v) is 8.78. The Morgan fingerprint density at radius 1 is 1.32 bits per heavy atom. The summed E-state index contributed by atoms with van der Waals surface area (Å²) in [7, 11) is -1.85. The molecule has 1 unspecified atom stereocenters. The van der Waals surface area contributed by atoms with E-state index in [4.69, 9.17) is 4.74 Å². The third kappa shape index (κ3) is 5.72. The van der Waals surface area contributed by atoms with E-state index in [1.54, 1.807) is 31.6 Å². The zero-order valence-electron chi connectivity index (χ0n) is 13.2. The van der Waals surface area contributed by atoms with E-state index in [9.17, 15) is 8.42 Å². The van der Waals surface area contributed by atoms with Gasteiger partial charge in [-0.3, -0.25) is 0 Å². The van der Waals surface area contributed by atoms with E-state index in [0.29, 0.717) is 9.13 Å². The van der Waals surface area contributed by atoms with E-state index in [1.165, 1.54) is 11.8 Å². The van der Waals surface area contributed by atoms with E-state index in [2.05, 4.69) is 15.9 Å². The summed E-state index contributed by atoms with van der Waals surface area (Å²) >= 11 is 4.64. The highest BCUT2D eigenvalue weighted by Crippen LogP contribution is 2.28. The van der Waals surface area contributed by atoms with Gasteiger partial charge in [-0.2, -0.15) is 0 Å². The molecule has 124 valence electrons. The van der Waals surface area contributed by atoms with E-state index in [-0.39, 0.29) is 6.10 Å². The predicted octanol–water partition coefficient (Wildman–Crippen LogP) is 4.55. The van der Waals surface area contributed by atoms with E-state index in [0.717, 1.165) is 30.2 Å². The Kier molecular flexibility index (Phi) is 8.75. The van der Waals surface area contributed by atoms with Crippen molar-refractivity contribution in [2.24, 2.45) is 0 Å². The predicted molar refractivity (Wildman–Crippen MR) is 98.4 cm³/mol. The zero-order chi connectivity index (χ0) is 16.6. The normalized spacial score (nSPS) is 14.1. The maximum Gasteiger partial charge on any atom is 0.212 e. The summed E-state index contributed by atoms with van der Waals surface area (Å²) in [5.74, 6) is 0. The van der Waals surface area contributed by atoms with Crippen molar-refractivity contribution in [3.8, 4) is 0 Å². The van der Waals surface area contributed by atoms with Crippen LogP contribution in [0.5, 0.6) is 0 Å². The molecule has 0 amide bonds. The highest BCUT2D eigenvalue weighted by atomic mass is 79.9. The first kappa shape index (κ1) is 19.7. The Hall–Kier alpha value is -0.300. The van der Waals surface area contributed by atoms with Gasteiger partial charge in [0, 0.05) is 12.4 Å². The molecule has 0 aliphatic rings. The lowest BCUT2D eigenvalue weighted by molar-refractivity contribution is 0.131. The Labute approximate surface area is 146 Å². The minimum atomic E-state index is -3.47. The molecule has 0 aliphatic carbocycles. The molecule has 0 aromatic heterocycles. The lowest BCUT2D eigenvalue weighted by Gasteiger charge is -2.14. The molecule has 0 aliphatic heterocycles. The van der Waals surface area contributed by atoms with Crippen LogP contribution in [-0.2, 0) is 14.6 Å². The van der Waals surface area contributed by atoms with Crippen LogP contribution in [0.25, 0.3) is 0 Å². The van der Waals surface area contributed by atoms with E-state index < -0.39 is 9.84 Å². The molecule has 0 saturated heterocycles. The van der Waals surface area contributed by atoms with Crippen molar-refractivity contribution < 1.29 is 13.2 Å². The molecule has 0 bridgehead atoms. The molecular formula is C16H23BrO3S2. The van der Waals surface area contributed by atoms with Gasteiger partial charge in [0.1, 0.15) is 4.24 Å². The number of ether oxygens (including phenoxy) is 1. The first-order chi connectivity index (χ1) is 10.5. The molecule has 1 atom stereocenters. The van der Waals surface area contributed by atoms with Crippen molar-refractivity contribution in [2.75, 3.05) is 18.7 Å². The fraction of sp³-hybridized carbons (Fsp3) is 0.500. The quantitative estimate of drug-likeness (QED) is 0.445. The van der Waals surface area contributed by atoms with Crippen molar-refractivity contribution in [3.63, 3.8) is 0 Å². The number of halogens is 1. The number of alkyl halides is 1. The number of aryl methyl sites for hydroxylation is 1. The minimum absolute atomic E-state index is 0.179. The topological polar surface area (TPSA) is 43.4 Å². The van der Waals surface area contributed by atoms with Gasteiger partial charge in [-0.15, -0.1) is 11.8 Å². The summed E-state index contributed by atoms with van der Waals surface area (Å²) < 4.78 is 31.2. The average Bonchev–Trinajstić information content (AvgIpc) is 2.51. The maximum atomic E-state index is 12.7. The van der Waals surface area contributed by atoms with Crippen LogP contribution in [0.15, 0.2) is 39.5 Å². The molecular weight excluding hydrogens is 384 g/mol. The Morgan fingerprint density at radius 2 is 1.95 bits per heavy atom. The Bertz CT molecular complexity index is 580. The number of benzene rings is 1. The third-order valence-corrected chi connectivity index (χ3v) is 7.11. The average molecular weight is 407 g/mol. The van der Waals surface area contributed by atoms with Gasteiger partial charge in [-0.1, -0.05) is 33.6 Å². The van der Waals surface area contributed by atoms with Crippen LogP contribution in [0.1, 0.15) is 24.8 Å². The third-order valence-electron chi connectivity index (χ3n) is 3.29. The fourth-order valence-electron chi connectivity index (χ4n) is 1.96. The Balaban J connectivity index is 3.01. The van der Waals surface area contributed by atoms with Gasteiger partial charge in [0.2, 0.25) is 9.84 Å². The summed E-state index contributed by atoms with van der Waals surface area (Å²) in [5.41, 5.74) is 1.04. The van der Waals surface area contributed by atoms with Crippen molar-refractivity contribution in [3.05, 3.63) is 40.1 Å². The molecule has 22 heavy (non-hydrogen) atoms. The van der Waals surface area contributed by atoms with Crippen molar-refractivity contribution in [2.45, 2.75) is 37.2 Å². The molecule has 0 fully saturated rings. The van der Waals surface area contributed by atoms with Crippen molar-refractivity contribution in [1.82, 2.24) is 0 Å². The second kappa shape index (κ2) is 9.75. The summed E-state index contributed by atoms with van der Waals surface area (Å²) in [6.07, 6.45) is 6.19. The molecule has 1 rings (SSSR count). The summed E-state index contributed by atoms with van der Waals surface area (Å²) in [4.78, 5) is 0.328. The number of unbranched alkanes of at least 4 members (excludes halogenated alkanes) is 1. The van der Waals surface area contributed by atoms with Crippen LogP contribution in [-0.4, -0.2) is 33.2 Å². The SMILES string of the molecule is COC(/C=C(\SC)S(=O)(=O)c1ccc(C)cc1)CCCCBr. The summed E-state index contributed by atoms with van der Waals surface area (Å²) in [6.45, 7) is 1.94. The van der Waals surface area contributed by atoms with Crippen molar-refractivity contribution in [1.29, 1.82) is 0 Å². The van der Waals surface area contributed by atoms with Crippen LogP contribution in [0.3, 0.4) is 0 Å². The number of hydrogen-bond acceptors (Lipinski definition) is 4. The number of sulfone groups is 1. The maximum absolute atomic E-state index is 12.7. The van der Waals surface area contributed by atoms with Crippen LogP contribution < -0.4 is 0 Å². The lowest BCUT2D eigenvalue weighted by Crippen LogP contribution is -2.11.